The van der Waals surface area contributed by atoms with E-state index in [2.05, 4.69) is 21.0 Å². The van der Waals surface area contributed by atoms with Crippen molar-refractivity contribution in [1.29, 1.82) is 0 Å². The summed E-state index contributed by atoms with van der Waals surface area (Å²) in [6.07, 6.45) is 1.63. The largest absolute Gasteiger partial charge is 0.486 e. The molecular weight excluding hydrogens is 328 g/mol. The van der Waals surface area contributed by atoms with Crippen LogP contribution in [-0.2, 0) is 6.61 Å². The van der Waals surface area contributed by atoms with Gasteiger partial charge >= 0.3 is 0 Å². The number of aromatic nitrogens is 2. The monoisotopic (exact) mass is 347 g/mol. The Kier molecular flexibility index (Phi) is 4.60. The van der Waals surface area contributed by atoms with Gasteiger partial charge in [0.15, 0.2) is 5.82 Å². The molecule has 0 aliphatic rings. The van der Waals surface area contributed by atoms with E-state index in [1.54, 1.807) is 38.1 Å². The molecule has 1 aromatic carbocycles. The Labute approximate surface area is 143 Å². The third kappa shape index (κ3) is 3.02. The maximum atomic E-state index is 13.3. The number of nitrogens with one attached hydrogen (secondary N) is 3. The van der Waals surface area contributed by atoms with Gasteiger partial charge in [0, 0.05) is 39.5 Å². The summed E-state index contributed by atoms with van der Waals surface area (Å²) >= 11 is 0. The first-order valence-electron chi connectivity index (χ1n) is 7.73. The first-order valence-corrected chi connectivity index (χ1v) is 7.73. The average Bonchev–Trinajstić information content (AvgIpc) is 2.92. The molecule has 132 valence electrons. The number of anilines is 2. The molecule has 0 fully saturated rings. The summed E-state index contributed by atoms with van der Waals surface area (Å²) in [5.74, 6) is 0.0707. The Balaban J connectivity index is 2.03. The number of rotatable bonds is 6. The Morgan fingerprint density at radius 3 is 2.40 bits per heavy atom. The minimum atomic E-state index is -0.632. The molecule has 3 N–H and O–H groups in total. The molecule has 8 heteroatoms. The normalized spacial score (nSPS) is 10.8. The van der Waals surface area contributed by atoms with Crippen molar-refractivity contribution in [3.63, 3.8) is 0 Å². The predicted molar refractivity (Wildman–Crippen MR) is 94.8 cm³/mol. The fraction of sp³-hybridized carbons (Fsp3) is 0.235. The first kappa shape index (κ1) is 16.8. The van der Waals surface area contributed by atoms with Gasteiger partial charge in [-0.25, -0.2) is 13.5 Å². The minimum Gasteiger partial charge on any atom is -0.486 e. The van der Waals surface area contributed by atoms with Gasteiger partial charge in [-0.05, 0) is 17.7 Å². The number of nitrogens with zero attached hydrogens (tertiary/aromatic N) is 2. The van der Waals surface area contributed by atoms with Crippen molar-refractivity contribution in [2.24, 2.45) is 0 Å². The zero-order valence-electron chi connectivity index (χ0n) is 14.2. The molecule has 0 aliphatic carbocycles. The quantitative estimate of drug-likeness (QED) is 0.639. The lowest BCUT2D eigenvalue weighted by Gasteiger charge is -2.12. The molecule has 0 saturated carbocycles. The summed E-state index contributed by atoms with van der Waals surface area (Å²) in [5.41, 5.74) is 5.73. The van der Waals surface area contributed by atoms with Gasteiger partial charge in [0.05, 0.1) is 0 Å². The Hall–Kier alpha value is -3.03. The fourth-order valence-electron chi connectivity index (χ4n) is 2.84. The van der Waals surface area contributed by atoms with Gasteiger partial charge in [-0.1, -0.05) is 0 Å². The number of fused-ring (bicyclic) bond motifs is 1. The molecular formula is C17H19F2N5O. The van der Waals surface area contributed by atoms with Gasteiger partial charge in [0.2, 0.25) is 0 Å². The zero-order valence-corrected chi connectivity index (χ0v) is 14.2. The van der Waals surface area contributed by atoms with Crippen LogP contribution in [0.4, 0.5) is 20.3 Å². The van der Waals surface area contributed by atoms with Crippen molar-refractivity contribution in [1.82, 2.24) is 9.66 Å². The molecule has 0 unspecified atom stereocenters. The fourth-order valence-corrected chi connectivity index (χ4v) is 2.84. The summed E-state index contributed by atoms with van der Waals surface area (Å²) in [6.45, 7) is 0.0342. The second-order valence-corrected chi connectivity index (χ2v) is 5.36. The summed E-state index contributed by atoms with van der Waals surface area (Å²) in [4.78, 5) is 4.41. The number of hydrogen-bond acceptors (Lipinski definition) is 5. The van der Waals surface area contributed by atoms with Gasteiger partial charge in [0.25, 0.3) is 0 Å². The van der Waals surface area contributed by atoms with Crippen molar-refractivity contribution >= 4 is 22.5 Å². The summed E-state index contributed by atoms with van der Waals surface area (Å²) in [7, 11) is 5.39. The van der Waals surface area contributed by atoms with Crippen LogP contribution in [0.1, 0.15) is 5.56 Å². The van der Waals surface area contributed by atoms with E-state index in [9.17, 15) is 8.78 Å². The van der Waals surface area contributed by atoms with Crippen LogP contribution in [0.25, 0.3) is 11.0 Å². The lowest BCUT2D eigenvalue weighted by molar-refractivity contribution is 0.307. The van der Waals surface area contributed by atoms with Crippen LogP contribution < -0.4 is 20.8 Å². The maximum Gasteiger partial charge on any atom is 0.151 e. The molecule has 0 aliphatic heterocycles. The Morgan fingerprint density at radius 1 is 1.08 bits per heavy atom. The lowest BCUT2D eigenvalue weighted by Crippen LogP contribution is -2.13. The summed E-state index contributed by atoms with van der Waals surface area (Å²) in [5, 5.41) is 6.23. The van der Waals surface area contributed by atoms with Crippen molar-refractivity contribution < 1.29 is 13.5 Å². The molecule has 0 radical (unpaired) electrons. The standard InChI is InChI=1S/C17H19F2N5O/c1-20-15-14-16(24(22-3)17(15)21-2)13(4-5-23-14)25-9-10-6-11(18)8-12(19)7-10/h4-8,20-22H,9H2,1-3H3. The molecule has 0 spiro atoms. The van der Waals surface area contributed by atoms with Crippen LogP contribution in [0.5, 0.6) is 5.75 Å². The second-order valence-electron chi connectivity index (χ2n) is 5.36. The third-order valence-corrected chi connectivity index (χ3v) is 3.84. The average molecular weight is 347 g/mol. The zero-order chi connectivity index (χ0) is 18.0. The van der Waals surface area contributed by atoms with E-state index in [4.69, 9.17) is 4.74 Å². The molecule has 3 rings (SSSR count). The van der Waals surface area contributed by atoms with E-state index in [1.165, 1.54) is 12.1 Å². The minimum absolute atomic E-state index is 0.0342. The molecule has 0 atom stereocenters. The first-order chi connectivity index (χ1) is 12.1. The van der Waals surface area contributed by atoms with E-state index < -0.39 is 11.6 Å². The molecule has 0 saturated heterocycles. The number of halogens is 2. The number of ether oxygens (including phenoxy) is 1. The van der Waals surface area contributed by atoms with Crippen molar-refractivity contribution in [2.45, 2.75) is 6.61 Å². The molecule has 2 aromatic heterocycles. The van der Waals surface area contributed by atoms with Crippen LogP contribution in [0, 0.1) is 11.6 Å². The highest BCUT2D eigenvalue weighted by atomic mass is 19.1. The van der Waals surface area contributed by atoms with E-state index in [-0.39, 0.29) is 6.61 Å². The van der Waals surface area contributed by atoms with Gasteiger partial charge in [-0.15, -0.1) is 0 Å². The smallest absolute Gasteiger partial charge is 0.151 e. The Bertz CT molecular complexity index is 889. The predicted octanol–water partition coefficient (Wildman–Crippen LogP) is 3.15. The second kappa shape index (κ2) is 6.84. The van der Waals surface area contributed by atoms with Crippen molar-refractivity contribution in [2.75, 3.05) is 37.2 Å². The van der Waals surface area contributed by atoms with Crippen LogP contribution in [0.2, 0.25) is 0 Å². The molecule has 0 bridgehead atoms. The van der Waals surface area contributed by atoms with Crippen LogP contribution >= 0.6 is 0 Å². The van der Waals surface area contributed by atoms with Gasteiger partial charge in [0.1, 0.15) is 40.7 Å². The molecule has 25 heavy (non-hydrogen) atoms. The van der Waals surface area contributed by atoms with Crippen molar-refractivity contribution in [3.05, 3.63) is 47.7 Å². The highest BCUT2D eigenvalue weighted by Crippen LogP contribution is 2.37. The SMILES string of the molecule is CNc1c(NC)n(NC)c2c(OCc3cc(F)cc(F)c3)ccnc12. The number of benzene rings is 1. The molecule has 3 aromatic rings. The molecule has 0 amide bonds. The van der Waals surface area contributed by atoms with Crippen LogP contribution in [0.15, 0.2) is 30.5 Å². The topological polar surface area (TPSA) is 63.1 Å². The number of pyridine rings is 1. The van der Waals surface area contributed by atoms with Crippen LogP contribution in [0.3, 0.4) is 0 Å². The summed E-state index contributed by atoms with van der Waals surface area (Å²) < 4.78 is 34.3. The van der Waals surface area contributed by atoms with E-state index in [0.717, 1.165) is 23.1 Å². The van der Waals surface area contributed by atoms with E-state index in [0.29, 0.717) is 16.8 Å². The van der Waals surface area contributed by atoms with Crippen molar-refractivity contribution in [3.8, 4) is 5.75 Å². The van der Waals surface area contributed by atoms with Gasteiger partial charge < -0.3 is 20.8 Å². The van der Waals surface area contributed by atoms with Gasteiger partial charge in [-0.2, -0.15) is 0 Å². The molecule has 6 nitrogen and oxygen atoms in total. The van der Waals surface area contributed by atoms with Gasteiger partial charge in [-0.3, -0.25) is 4.98 Å². The van der Waals surface area contributed by atoms with E-state index >= 15 is 0 Å². The highest BCUT2D eigenvalue weighted by Gasteiger charge is 2.19. The van der Waals surface area contributed by atoms with Crippen LogP contribution in [-0.4, -0.2) is 30.8 Å². The lowest BCUT2D eigenvalue weighted by atomic mass is 10.2. The summed E-state index contributed by atoms with van der Waals surface area (Å²) in [6, 6.07) is 5.04. The molecule has 2 heterocycles. The third-order valence-electron chi connectivity index (χ3n) is 3.84. The maximum absolute atomic E-state index is 13.3. The van der Waals surface area contributed by atoms with E-state index in [1.807, 2.05) is 0 Å². The highest BCUT2D eigenvalue weighted by molar-refractivity contribution is 6.00. The number of hydrogen-bond donors (Lipinski definition) is 3. The Morgan fingerprint density at radius 2 is 1.80 bits per heavy atom.